The Morgan fingerprint density at radius 1 is 1.11 bits per heavy atom. The number of amides is 1. The second-order valence-electron chi connectivity index (χ2n) is 6.58. The third-order valence-corrected chi connectivity index (χ3v) is 5.30. The maximum atomic E-state index is 12.6. The van der Waals surface area contributed by atoms with Crippen molar-refractivity contribution in [1.82, 2.24) is 14.8 Å². The van der Waals surface area contributed by atoms with Crippen molar-refractivity contribution in [3.05, 3.63) is 54.6 Å². The van der Waals surface area contributed by atoms with Crippen molar-refractivity contribution in [2.45, 2.75) is 25.0 Å². The monoisotopic (exact) mass is 396 g/mol. The van der Waals surface area contributed by atoms with E-state index in [4.69, 9.17) is 4.74 Å². The molecular weight excluding hydrogens is 372 g/mol. The topological polar surface area (TPSA) is 60.3 Å². The number of methoxy groups -OCH3 is 1. The molecule has 2 aromatic carbocycles. The van der Waals surface area contributed by atoms with Crippen LogP contribution in [-0.4, -0.2) is 40.6 Å². The van der Waals surface area contributed by atoms with Gasteiger partial charge in [-0.15, -0.1) is 10.2 Å². The van der Waals surface area contributed by atoms with E-state index in [1.807, 2.05) is 54.6 Å². The first-order valence-electron chi connectivity index (χ1n) is 9.05. The molecule has 0 saturated heterocycles. The Morgan fingerprint density at radius 2 is 1.79 bits per heavy atom. The number of rotatable bonds is 7. The molecule has 1 heterocycles. The molecule has 1 amide bonds. The van der Waals surface area contributed by atoms with Crippen LogP contribution >= 0.6 is 11.8 Å². The number of nitrogens with zero attached hydrogens (tertiary/aromatic N) is 4. The number of benzene rings is 2. The Hall–Kier alpha value is -2.80. The molecule has 6 nitrogen and oxygen atoms in total. The van der Waals surface area contributed by atoms with E-state index in [1.165, 1.54) is 11.8 Å². The molecule has 0 fully saturated rings. The second-order valence-corrected chi connectivity index (χ2v) is 7.52. The minimum absolute atomic E-state index is 0.0144. The van der Waals surface area contributed by atoms with Crippen molar-refractivity contribution in [3.8, 4) is 17.1 Å². The first kappa shape index (κ1) is 19.9. The first-order chi connectivity index (χ1) is 13.5. The molecule has 0 bridgehead atoms. The molecular formula is C21H24N4O2S. The number of anilines is 1. The number of aromatic nitrogens is 3. The van der Waals surface area contributed by atoms with Gasteiger partial charge in [-0.1, -0.05) is 30.0 Å². The number of thioether (sulfide) groups is 1. The van der Waals surface area contributed by atoms with E-state index in [-0.39, 0.29) is 11.9 Å². The van der Waals surface area contributed by atoms with Gasteiger partial charge in [0.2, 0.25) is 5.91 Å². The molecule has 0 radical (unpaired) electrons. The molecule has 1 aromatic heterocycles. The summed E-state index contributed by atoms with van der Waals surface area (Å²) in [6.07, 6.45) is 0. The molecule has 0 unspecified atom stereocenters. The third-order valence-electron chi connectivity index (χ3n) is 4.37. The number of carbonyl (C=O) groups excluding carboxylic acids is 1. The van der Waals surface area contributed by atoms with Crippen LogP contribution in [0.15, 0.2) is 59.8 Å². The van der Waals surface area contributed by atoms with Gasteiger partial charge in [-0.05, 0) is 50.2 Å². The van der Waals surface area contributed by atoms with Gasteiger partial charge < -0.3 is 9.64 Å². The van der Waals surface area contributed by atoms with E-state index >= 15 is 0 Å². The number of hydrogen-bond acceptors (Lipinski definition) is 5. The van der Waals surface area contributed by atoms with Gasteiger partial charge in [0.1, 0.15) is 5.75 Å². The quantitative estimate of drug-likeness (QED) is 0.558. The van der Waals surface area contributed by atoms with Gasteiger partial charge in [0.25, 0.3) is 0 Å². The highest BCUT2D eigenvalue weighted by atomic mass is 32.2. The van der Waals surface area contributed by atoms with Crippen LogP contribution in [0.5, 0.6) is 5.75 Å². The molecule has 3 rings (SSSR count). The van der Waals surface area contributed by atoms with Gasteiger partial charge in [0.15, 0.2) is 11.0 Å². The SMILES string of the molecule is COc1ccc(-c2nnc(SCC(=O)N(C)c3ccccc3)n2C(C)C)cc1. The molecule has 3 aromatic rings. The van der Waals surface area contributed by atoms with Crippen LogP contribution < -0.4 is 9.64 Å². The zero-order valence-electron chi connectivity index (χ0n) is 16.5. The van der Waals surface area contributed by atoms with Crippen LogP contribution in [0.2, 0.25) is 0 Å². The largest absolute Gasteiger partial charge is 0.497 e. The Balaban J connectivity index is 1.77. The summed E-state index contributed by atoms with van der Waals surface area (Å²) in [6, 6.07) is 17.5. The second kappa shape index (κ2) is 8.93. The Bertz CT molecular complexity index is 923. The Morgan fingerprint density at radius 3 is 2.39 bits per heavy atom. The maximum absolute atomic E-state index is 12.6. The van der Waals surface area contributed by atoms with E-state index in [1.54, 1.807) is 19.1 Å². The van der Waals surface area contributed by atoms with Gasteiger partial charge >= 0.3 is 0 Å². The lowest BCUT2D eigenvalue weighted by molar-refractivity contribution is -0.115. The smallest absolute Gasteiger partial charge is 0.237 e. The van der Waals surface area contributed by atoms with E-state index in [0.29, 0.717) is 5.75 Å². The van der Waals surface area contributed by atoms with Crippen molar-refractivity contribution < 1.29 is 9.53 Å². The average Bonchev–Trinajstić information content (AvgIpc) is 3.16. The molecule has 0 aliphatic rings. The molecule has 0 aliphatic carbocycles. The summed E-state index contributed by atoms with van der Waals surface area (Å²) in [5.41, 5.74) is 1.83. The van der Waals surface area contributed by atoms with Crippen molar-refractivity contribution >= 4 is 23.4 Å². The standard InChI is InChI=1S/C21H24N4O2S/c1-15(2)25-20(16-10-12-18(27-4)13-11-16)22-23-21(25)28-14-19(26)24(3)17-8-6-5-7-9-17/h5-13,15H,14H2,1-4H3. The fraction of sp³-hybridized carbons (Fsp3) is 0.286. The van der Waals surface area contributed by atoms with Crippen molar-refractivity contribution in [3.63, 3.8) is 0 Å². The molecule has 146 valence electrons. The summed E-state index contributed by atoms with van der Waals surface area (Å²) >= 11 is 1.40. The predicted octanol–water partition coefficient (Wildman–Crippen LogP) is 4.29. The summed E-state index contributed by atoms with van der Waals surface area (Å²) in [6.45, 7) is 4.16. The van der Waals surface area contributed by atoms with Gasteiger partial charge in [0.05, 0.1) is 12.9 Å². The number of ether oxygens (including phenoxy) is 1. The lowest BCUT2D eigenvalue weighted by Crippen LogP contribution is -2.28. The zero-order valence-corrected chi connectivity index (χ0v) is 17.3. The average molecular weight is 397 g/mol. The fourth-order valence-electron chi connectivity index (χ4n) is 2.80. The highest BCUT2D eigenvalue weighted by Gasteiger charge is 2.19. The van der Waals surface area contributed by atoms with E-state index in [0.717, 1.165) is 28.0 Å². The molecule has 0 N–H and O–H groups in total. The van der Waals surface area contributed by atoms with E-state index in [2.05, 4.69) is 28.6 Å². The van der Waals surface area contributed by atoms with Crippen LogP contribution in [0.4, 0.5) is 5.69 Å². The number of carbonyl (C=O) groups is 1. The highest BCUT2D eigenvalue weighted by Crippen LogP contribution is 2.29. The minimum Gasteiger partial charge on any atom is -0.497 e. The maximum Gasteiger partial charge on any atom is 0.237 e. The molecule has 28 heavy (non-hydrogen) atoms. The summed E-state index contributed by atoms with van der Waals surface area (Å²) in [5, 5.41) is 9.44. The third kappa shape index (κ3) is 4.36. The predicted molar refractivity (Wildman–Crippen MR) is 113 cm³/mol. The van der Waals surface area contributed by atoms with Gasteiger partial charge in [0, 0.05) is 24.3 Å². The van der Waals surface area contributed by atoms with Crippen molar-refractivity contribution in [2.75, 3.05) is 24.8 Å². The van der Waals surface area contributed by atoms with Crippen LogP contribution in [0.3, 0.4) is 0 Å². The van der Waals surface area contributed by atoms with Crippen LogP contribution in [0, 0.1) is 0 Å². The van der Waals surface area contributed by atoms with Crippen LogP contribution in [-0.2, 0) is 4.79 Å². The highest BCUT2D eigenvalue weighted by molar-refractivity contribution is 7.99. The normalized spacial score (nSPS) is 10.9. The summed E-state index contributed by atoms with van der Waals surface area (Å²) < 4.78 is 7.28. The van der Waals surface area contributed by atoms with Gasteiger partial charge in [-0.25, -0.2) is 0 Å². The summed E-state index contributed by atoms with van der Waals surface area (Å²) in [5.74, 6) is 1.88. The first-order valence-corrected chi connectivity index (χ1v) is 10.0. The minimum atomic E-state index is 0.0144. The van der Waals surface area contributed by atoms with E-state index < -0.39 is 0 Å². The Kier molecular flexibility index (Phi) is 6.36. The van der Waals surface area contributed by atoms with Crippen LogP contribution in [0.1, 0.15) is 19.9 Å². The Labute approximate surface area is 169 Å². The van der Waals surface area contributed by atoms with Crippen molar-refractivity contribution in [2.24, 2.45) is 0 Å². The molecule has 0 spiro atoms. The zero-order chi connectivity index (χ0) is 20.1. The molecule has 0 saturated carbocycles. The lowest BCUT2D eigenvalue weighted by Gasteiger charge is -2.17. The summed E-state index contributed by atoms with van der Waals surface area (Å²) in [4.78, 5) is 14.2. The molecule has 7 heteroatoms. The number of hydrogen-bond donors (Lipinski definition) is 0. The summed E-state index contributed by atoms with van der Waals surface area (Å²) in [7, 11) is 3.43. The fourth-order valence-corrected chi connectivity index (χ4v) is 3.78. The molecule has 0 atom stereocenters. The van der Waals surface area contributed by atoms with Crippen molar-refractivity contribution in [1.29, 1.82) is 0 Å². The van der Waals surface area contributed by atoms with Crippen LogP contribution in [0.25, 0.3) is 11.4 Å². The van der Waals surface area contributed by atoms with Gasteiger partial charge in [-0.2, -0.15) is 0 Å². The number of para-hydroxylation sites is 1. The van der Waals surface area contributed by atoms with Gasteiger partial charge in [-0.3, -0.25) is 9.36 Å². The lowest BCUT2D eigenvalue weighted by atomic mass is 10.2. The molecule has 0 aliphatic heterocycles. The van der Waals surface area contributed by atoms with E-state index in [9.17, 15) is 4.79 Å².